The molecule has 0 radical (unpaired) electrons. The number of fused-ring (bicyclic) bond motifs is 1. The van der Waals surface area contributed by atoms with Crippen molar-refractivity contribution in [2.45, 2.75) is 37.6 Å². The van der Waals surface area contributed by atoms with Gasteiger partial charge in [-0.15, -0.1) is 0 Å². The Kier molecular flexibility index (Phi) is 5.67. The molecule has 1 aliphatic rings. The first-order valence-corrected chi connectivity index (χ1v) is 9.47. The fourth-order valence-corrected chi connectivity index (χ4v) is 3.59. The van der Waals surface area contributed by atoms with E-state index in [2.05, 4.69) is 15.3 Å². The lowest BCUT2D eigenvalue weighted by Crippen LogP contribution is -2.34. The van der Waals surface area contributed by atoms with E-state index in [9.17, 15) is 28.9 Å². The molecule has 9 nitrogen and oxygen atoms in total. The quantitative estimate of drug-likeness (QED) is 0.453. The molecule has 0 amide bonds. The van der Waals surface area contributed by atoms with Gasteiger partial charge in [-0.2, -0.15) is 0 Å². The fraction of sp³-hybridized carbons (Fsp3) is 0.350. The molecule has 31 heavy (non-hydrogen) atoms. The molecule has 4 rings (SSSR count). The third-order valence-electron chi connectivity index (χ3n) is 5.16. The highest BCUT2D eigenvalue weighted by Gasteiger charge is 2.47. The normalized spacial score (nSPS) is 24.5. The molecule has 3 heterocycles. The van der Waals surface area contributed by atoms with E-state index < -0.39 is 42.3 Å². The number of nitrogens with zero attached hydrogens (tertiary/aromatic N) is 3. The zero-order chi connectivity index (χ0) is 22.3. The van der Waals surface area contributed by atoms with Gasteiger partial charge in [-0.1, -0.05) is 6.07 Å². The number of rotatable bonds is 6. The van der Waals surface area contributed by atoms with E-state index in [1.807, 2.05) is 0 Å². The van der Waals surface area contributed by atoms with Gasteiger partial charge in [0.2, 0.25) is 0 Å². The number of hydrogen-bond acceptors (Lipinski definition) is 8. The molecule has 2 aromatic heterocycles. The first-order chi connectivity index (χ1) is 14.8. The molecule has 0 saturated carbocycles. The minimum absolute atomic E-state index is 0.00814. The molecular formula is C20H20F2N4O5. The molecule has 0 spiro atoms. The Labute approximate surface area is 174 Å². The molecule has 3 aromatic rings. The number of carbonyl (C=O) groups excluding carboxylic acids is 1. The van der Waals surface area contributed by atoms with Gasteiger partial charge in [-0.05, 0) is 30.7 Å². The van der Waals surface area contributed by atoms with Gasteiger partial charge >= 0.3 is 0 Å². The number of ether oxygens (including phenoxy) is 1. The maximum absolute atomic E-state index is 13.5. The second kappa shape index (κ2) is 8.27. The third-order valence-corrected chi connectivity index (χ3v) is 5.16. The summed E-state index contributed by atoms with van der Waals surface area (Å²) in [6.07, 6.45) is -4.06. The Morgan fingerprint density at radius 3 is 2.71 bits per heavy atom. The van der Waals surface area contributed by atoms with E-state index in [4.69, 9.17) is 4.74 Å². The first kappa shape index (κ1) is 21.2. The zero-order valence-electron chi connectivity index (χ0n) is 16.3. The summed E-state index contributed by atoms with van der Waals surface area (Å²) in [4.78, 5) is 19.5. The van der Waals surface area contributed by atoms with Crippen LogP contribution in [-0.4, -0.2) is 60.5 Å². The smallest absolute Gasteiger partial charge is 0.164 e. The molecule has 1 fully saturated rings. The third kappa shape index (κ3) is 3.88. The minimum atomic E-state index is -1.52. The second-order valence-electron chi connectivity index (χ2n) is 7.33. The SMILES string of the molecule is CC(=O)CNc1ncnc2c1ccn2[C@@H]1O[C@H](C(O)c2ccc(F)c(F)c2)[C@@H](O)[C@H]1O. The van der Waals surface area contributed by atoms with Gasteiger partial charge in [0.15, 0.2) is 17.9 Å². The van der Waals surface area contributed by atoms with Crippen LogP contribution < -0.4 is 5.32 Å². The first-order valence-electron chi connectivity index (χ1n) is 9.47. The lowest BCUT2D eigenvalue weighted by atomic mass is 9.99. The van der Waals surface area contributed by atoms with Crippen LogP contribution in [0, 0.1) is 11.6 Å². The molecule has 1 unspecified atom stereocenters. The molecule has 1 aliphatic heterocycles. The Balaban J connectivity index is 1.62. The number of benzene rings is 1. The molecule has 5 atom stereocenters. The van der Waals surface area contributed by atoms with Crippen molar-refractivity contribution < 1.29 is 33.6 Å². The van der Waals surface area contributed by atoms with Crippen molar-refractivity contribution >= 4 is 22.6 Å². The highest BCUT2D eigenvalue weighted by molar-refractivity contribution is 5.89. The number of hydrogen-bond donors (Lipinski definition) is 4. The number of ketones is 1. The van der Waals surface area contributed by atoms with Gasteiger partial charge in [-0.3, -0.25) is 4.79 Å². The maximum Gasteiger partial charge on any atom is 0.164 e. The second-order valence-corrected chi connectivity index (χ2v) is 7.33. The van der Waals surface area contributed by atoms with Crippen molar-refractivity contribution in [3.63, 3.8) is 0 Å². The van der Waals surface area contributed by atoms with Crippen molar-refractivity contribution in [3.05, 3.63) is 54.0 Å². The van der Waals surface area contributed by atoms with Gasteiger partial charge in [0.1, 0.15) is 48.0 Å². The van der Waals surface area contributed by atoms with Gasteiger partial charge in [0, 0.05) is 6.20 Å². The van der Waals surface area contributed by atoms with E-state index >= 15 is 0 Å². The van der Waals surface area contributed by atoms with Crippen molar-refractivity contribution in [1.82, 2.24) is 14.5 Å². The number of aromatic nitrogens is 3. The van der Waals surface area contributed by atoms with Crippen molar-refractivity contribution in [2.75, 3.05) is 11.9 Å². The highest BCUT2D eigenvalue weighted by Crippen LogP contribution is 2.38. The molecule has 164 valence electrons. The predicted molar refractivity (Wildman–Crippen MR) is 104 cm³/mol. The Hall–Kier alpha value is -2.99. The van der Waals surface area contributed by atoms with Crippen molar-refractivity contribution in [1.29, 1.82) is 0 Å². The average Bonchev–Trinajstić information content (AvgIpc) is 3.29. The minimum Gasteiger partial charge on any atom is -0.387 e. The molecular weight excluding hydrogens is 414 g/mol. The number of carbonyl (C=O) groups is 1. The highest BCUT2D eigenvalue weighted by atomic mass is 19.2. The van der Waals surface area contributed by atoms with E-state index in [0.717, 1.165) is 12.1 Å². The summed E-state index contributed by atoms with van der Waals surface area (Å²) in [6, 6.07) is 4.49. The summed E-state index contributed by atoms with van der Waals surface area (Å²) >= 11 is 0. The number of aliphatic hydroxyl groups is 3. The predicted octanol–water partition coefficient (Wildman–Crippen LogP) is 1.06. The number of halogens is 2. The largest absolute Gasteiger partial charge is 0.387 e. The van der Waals surface area contributed by atoms with Gasteiger partial charge in [0.25, 0.3) is 0 Å². The lowest BCUT2D eigenvalue weighted by Gasteiger charge is -2.21. The van der Waals surface area contributed by atoms with Crippen molar-refractivity contribution in [2.24, 2.45) is 0 Å². The molecule has 1 aromatic carbocycles. The summed E-state index contributed by atoms with van der Waals surface area (Å²) in [5, 5.41) is 35.0. The maximum atomic E-state index is 13.5. The Morgan fingerprint density at radius 2 is 2.00 bits per heavy atom. The molecule has 1 saturated heterocycles. The molecule has 0 bridgehead atoms. The van der Waals surface area contributed by atoms with Crippen LogP contribution >= 0.6 is 0 Å². The average molecular weight is 434 g/mol. The van der Waals surface area contributed by atoms with Gasteiger partial charge in [0.05, 0.1) is 11.9 Å². The van der Waals surface area contributed by atoms with Crippen molar-refractivity contribution in [3.8, 4) is 0 Å². The summed E-state index contributed by atoms with van der Waals surface area (Å²) in [5.41, 5.74) is 0.353. The van der Waals surface area contributed by atoms with Crippen LogP contribution in [0.15, 0.2) is 36.8 Å². The topological polar surface area (TPSA) is 130 Å². The van der Waals surface area contributed by atoms with Crippen LogP contribution in [0.3, 0.4) is 0 Å². The van der Waals surface area contributed by atoms with Crippen LogP contribution in [0.2, 0.25) is 0 Å². The lowest BCUT2D eigenvalue weighted by molar-refractivity contribution is -0.115. The summed E-state index contributed by atoms with van der Waals surface area (Å²) in [7, 11) is 0. The van der Waals surface area contributed by atoms with E-state index in [1.54, 1.807) is 12.3 Å². The number of Topliss-reactive ketones (excluding diaryl/α,β-unsaturated/α-hetero) is 1. The summed E-state index contributed by atoms with van der Waals surface area (Å²) in [6.45, 7) is 1.50. The Bertz CT molecular complexity index is 1120. The van der Waals surface area contributed by atoms with E-state index in [-0.39, 0.29) is 17.9 Å². The fourth-order valence-electron chi connectivity index (χ4n) is 3.59. The zero-order valence-corrected chi connectivity index (χ0v) is 16.3. The van der Waals surface area contributed by atoms with Gasteiger partial charge < -0.3 is 29.9 Å². The van der Waals surface area contributed by atoms with Crippen LogP contribution in [0.25, 0.3) is 11.0 Å². The molecule has 11 heteroatoms. The van der Waals surface area contributed by atoms with Gasteiger partial charge in [-0.25, -0.2) is 18.7 Å². The summed E-state index contributed by atoms with van der Waals surface area (Å²) in [5.74, 6) is -1.91. The standard InChI is InChI=1S/C20H20F2N4O5/c1-9(27)7-23-18-11-4-5-26(19(11)25-8-24-18)20-16(30)15(29)17(31-20)14(28)10-2-3-12(21)13(22)6-10/h2-6,8,14-17,20,28-30H,7H2,1H3,(H,23,24,25)/t14?,15-,16+,17+,20+/m0/s1. The monoisotopic (exact) mass is 434 g/mol. The summed E-state index contributed by atoms with van der Waals surface area (Å²) < 4.78 is 33.9. The van der Waals surface area contributed by atoms with E-state index in [1.165, 1.54) is 23.9 Å². The van der Waals surface area contributed by atoms with Crippen LogP contribution in [0.4, 0.5) is 14.6 Å². The number of nitrogens with one attached hydrogen (secondary N) is 1. The van der Waals surface area contributed by atoms with Crippen LogP contribution in [0.5, 0.6) is 0 Å². The molecule has 4 N–H and O–H groups in total. The van der Waals surface area contributed by atoms with E-state index in [0.29, 0.717) is 16.9 Å². The van der Waals surface area contributed by atoms with Crippen LogP contribution in [0.1, 0.15) is 24.8 Å². The molecule has 0 aliphatic carbocycles. The number of anilines is 1. The van der Waals surface area contributed by atoms with Crippen LogP contribution in [-0.2, 0) is 9.53 Å². The Morgan fingerprint density at radius 1 is 1.23 bits per heavy atom. The number of aliphatic hydroxyl groups excluding tert-OH is 3.